The van der Waals surface area contributed by atoms with Crippen LogP contribution < -0.4 is 11.3 Å². The summed E-state index contributed by atoms with van der Waals surface area (Å²) in [4.78, 5) is 0. The van der Waals surface area contributed by atoms with Gasteiger partial charge in [0.05, 0.1) is 0 Å². The van der Waals surface area contributed by atoms with E-state index >= 15 is 0 Å². The first kappa shape index (κ1) is 13.1. The van der Waals surface area contributed by atoms with Crippen LogP contribution in [0.15, 0.2) is 24.3 Å². The van der Waals surface area contributed by atoms with Crippen LogP contribution in [0.3, 0.4) is 0 Å². The van der Waals surface area contributed by atoms with Crippen LogP contribution in [-0.2, 0) is 10.4 Å². The molecule has 1 rings (SSSR count). The predicted molar refractivity (Wildman–Crippen MR) is 53.4 cm³/mol. The molecule has 1 aromatic carbocycles. The Morgan fingerprint density at radius 2 is 1.86 bits per heavy atom. The lowest BCUT2D eigenvalue weighted by Crippen LogP contribution is -2.05. The second-order valence-corrected chi connectivity index (χ2v) is 3.43. The van der Waals surface area contributed by atoms with Crippen molar-refractivity contribution in [3.05, 3.63) is 29.3 Å². The summed E-state index contributed by atoms with van der Waals surface area (Å²) in [5, 5.41) is 0.686. The molecule has 0 radical (unpaired) electrons. The van der Waals surface area contributed by atoms with Crippen LogP contribution >= 0.6 is 11.6 Å². The van der Waals surface area contributed by atoms with Gasteiger partial charge in [-0.2, -0.15) is 8.42 Å². The van der Waals surface area contributed by atoms with E-state index in [0.29, 0.717) is 5.02 Å². The van der Waals surface area contributed by atoms with Crippen molar-refractivity contribution >= 4 is 27.7 Å². The van der Waals surface area contributed by atoms with Crippen LogP contribution in [0.1, 0.15) is 0 Å². The summed E-state index contributed by atoms with van der Waals surface area (Å²) in [6.45, 7) is 0. The maximum Gasteiger partial charge on any atom is 0.394 e. The average Bonchev–Trinajstić information content (AvgIpc) is 2.01. The molecule has 0 aromatic heterocycles. The Labute approximate surface area is 86.2 Å². The van der Waals surface area contributed by atoms with Crippen LogP contribution in [0.5, 0.6) is 0 Å². The van der Waals surface area contributed by atoms with Gasteiger partial charge in [-0.3, -0.25) is 14.9 Å². The molecule has 1 aromatic rings. The zero-order valence-corrected chi connectivity index (χ0v) is 8.46. The van der Waals surface area contributed by atoms with Gasteiger partial charge in [-0.05, 0) is 18.2 Å². The molecule has 0 amide bonds. The third kappa shape index (κ3) is 9.23. The highest BCUT2D eigenvalue weighted by Crippen LogP contribution is 2.12. The molecule has 0 saturated heterocycles. The Kier molecular flexibility index (Phi) is 5.43. The van der Waals surface area contributed by atoms with Crippen molar-refractivity contribution in [2.75, 3.05) is 5.43 Å². The molecule has 0 fully saturated rings. The Balaban J connectivity index is 0.000000292. The Morgan fingerprint density at radius 3 is 2.14 bits per heavy atom. The second-order valence-electron chi connectivity index (χ2n) is 2.10. The average molecular weight is 241 g/mol. The molecule has 0 unspecified atom stereocenters. The number of hydrazine groups is 1. The molecule has 0 atom stereocenters. The van der Waals surface area contributed by atoms with Gasteiger partial charge in [0.1, 0.15) is 0 Å². The zero-order chi connectivity index (χ0) is 11.2. The molecule has 0 spiro atoms. The summed E-state index contributed by atoms with van der Waals surface area (Å²) >= 11 is 5.63. The van der Waals surface area contributed by atoms with Gasteiger partial charge in [0.25, 0.3) is 0 Å². The van der Waals surface area contributed by atoms with Crippen LogP contribution in [0.2, 0.25) is 5.02 Å². The lowest BCUT2D eigenvalue weighted by atomic mass is 10.3. The topological polar surface area (TPSA) is 113 Å². The quantitative estimate of drug-likeness (QED) is 0.331. The molecule has 0 aliphatic heterocycles. The maximum absolute atomic E-state index is 8.74. The summed E-state index contributed by atoms with van der Waals surface area (Å²) in [7, 11) is -4.67. The number of nitrogens with one attached hydrogen (secondary N) is 1. The number of hydrogen-bond donors (Lipinski definition) is 4. The number of nitrogen functional groups attached to an aromatic ring is 1. The van der Waals surface area contributed by atoms with E-state index in [1.807, 2.05) is 12.1 Å². The van der Waals surface area contributed by atoms with Gasteiger partial charge in [0, 0.05) is 10.7 Å². The summed E-state index contributed by atoms with van der Waals surface area (Å²) in [6, 6.07) is 7.22. The van der Waals surface area contributed by atoms with E-state index in [9.17, 15) is 0 Å². The van der Waals surface area contributed by atoms with Crippen LogP contribution in [0, 0.1) is 0 Å². The number of nitrogens with two attached hydrogens (primary N) is 1. The highest BCUT2D eigenvalue weighted by atomic mass is 35.5. The molecule has 0 bridgehead atoms. The number of benzene rings is 1. The molecule has 14 heavy (non-hydrogen) atoms. The minimum absolute atomic E-state index is 0.686. The van der Waals surface area contributed by atoms with Gasteiger partial charge < -0.3 is 5.43 Å². The molecule has 5 N–H and O–H groups in total. The fourth-order valence-electron chi connectivity index (χ4n) is 0.578. The Hall–Kier alpha value is -0.860. The van der Waals surface area contributed by atoms with E-state index in [-0.39, 0.29) is 0 Å². The number of rotatable bonds is 1. The predicted octanol–water partition coefficient (Wildman–Crippen LogP) is 0.973. The Bertz CT molecular complexity index is 373. The number of hydrogen-bond acceptors (Lipinski definition) is 4. The molecule has 8 heteroatoms. The molecular formula is C6H9ClN2O4S. The van der Waals surface area contributed by atoms with Gasteiger partial charge in [-0.15, -0.1) is 0 Å². The van der Waals surface area contributed by atoms with Crippen molar-refractivity contribution in [1.82, 2.24) is 0 Å². The van der Waals surface area contributed by atoms with Crippen LogP contribution in [-0.4, -0.2) is 17.5 Å². The number of halogens is 1. The second kappa shape index (κ2) is 5.78. The highest BCUT2D eigenvalue weighted by molar-refractivity contribution is 7.79. The lowest BCUT2D eigenvalue weighted by molar-refractivity contribution is 0.381. The van der Waals surface area contributed by atoms with Crippen molar-refractivity contribution < 1.29 is 17.5 Å². The minimum Gasteiger partial charge on any atom is -0.324 e. The van der Waals surface area contributed by atoms with Gasteiger partial charge in [-0.25, -0.2) is 0 Å². The molecule has 0 heterocycles. The van der Waals surface area contributed by atoms with Crippen molar-refractivity contribution in [1.29, 1.82) is 0 Å². The summed E-state index contributed by atoms with van der Waals surface area (Å²) in [5.41, 5.74) is 3.31. The van der Waals surface area contributed by atoms with E-state index in [0.717, 1.165) is 5.69 Å². The zero-order valence-electron chi connectivity index (χ0n) is 6.88. The van der Waals surface area contributed by atoms with Crippen LogP contribution in [0.4, 0.5) is 5.69 Å². The van der Waals surface area contributed by atoms with Crippen LogP contribution in [0.25, 0.3) is 0 Å². The van der Waals surface area contributed by atoms with E-state index in [2.05, 4.69) is 5.43 Å². The number of anilines is 1. The summed E-state index contributed by atoms with van der Waals surface area (Å²) in [6.07, 6.45) is 0. The molecule has 0 aliphatic rings. The first-order valence-electron chi connectivity index (χ1n) is 3.25. The molecular weight excluding hydrogens is 232 g/mol. The molecule has 0 saturated carbocycles. The van der Waals surface area contributed by atoms with Gasteiger partial charge in [-0.1, -0.05) is 17.7 Å². The fraction of sp³-hybridized carbons (Fsp3) is 0. The first-order valence-corrected chi connectivity index (χ1v) is 5.02. The third-order valence-electron chi connectivity index (χ3n) is 0.991. The monoisotopic (exact) mass is 240 g/mol. The van der Waals surface area contributed by atoms with E-state index < -0.39 is 10.4 Å². The normalized spacial score (nSPS) is 10.0. The standard InChI is InChI=1S/C6H7ClN2.H2O4S/c7-5-2-1-3-6(4-5)9-8;1-5(2,3)4/h1-4,9H,8H2;(H2,1,2,3,4). The van der Waals surface area contributed by atoms with E-state index in [1.165, 1.54) is 0 Å². The molecule has 0 aliphatic carbocycles. The van der Waals surface area contributed by atoms with Crippen molar-refractivity contribution in [2.45, 2.75) is 0 Å². The first-order chi connectivity index (χ1) is 6.33. The van der Waals surface area contributed by atoms with E-state index in [4.69, 9.17) is 35.0 Å². The van der Waals surface area contributed by atoms with Crippen molar-refractivity contribution in [2.24, 2.45) is 5.84 Å². The lowest BCUT2D eigenvalue weighted by Gasteiger charge is -1.96. The van der Waals surface area contributed by atoms with E-state index in [1.54, 1.807) is 12.1 Å². The van der Waals surface area contributed by atoms with Gasteiger partial charge >= 0.3 is 10.4 Å². The largest absolute Gasteiger partial charge is 0.394 e. The highest BCUT2D eigenvalue weighted by Gasteiger charge is 1.87. The Morgan fingerprint density at radius 1 is 1.36 bits per heavy atom. The summed E-state index contributed by atoms with van der Waals surface area (Å²) < 4.78 is 31.6. The minimum atomic E-state index is -4.67. The van der Waals surface area contributed by atoms with Crippen molar-refractivity contribution in [3.63, 3.8) is 0 Å². The third-order valence-corrected chi connectivity index (χ3v) is 1.23. The van der Waals surface area contributed by atoms with Gasteiger partial charge in [0.15, 0.2) is 0 Å². The smallest absolute Gasteiger partial charge is 0.324 e. The van der Waals surface area contributed by atoms with Gasteiger partial charge in [0.2, 0.25) is 0 Å². The summed E-state index contributed by atoms with van der Waals surface area (Å²) in [5.74, 6) is 5.11. The maximum atomic E-state index is 8.74. The van der Waals surface area contributed by atoms with Crippen molar-refractivity contribution in [3.8, 4) is 0 Å². The fourth-order valence-corrected chi connectivity index (χ4v) is 0.769. The molecule has 6 nitrogen and oxygen atoms in total. The SMILES string of the molecule is NNc1cccc(Cl)c1.O=S(=O)(O)O. The molecule has 80 valence electrons.